The number of fused-ring (bicyclic) bond motifs is 13. The number of rotatable bonds is 0. The van der Waals surface area contributed by atoms with Gasteiger partial charge < -0.3 is 23.7 Å². The van der Waals surface area contributed by atoms with Gasteiger partial charge in [0.1, 0.15) is 0 Å². The van der Waals surface area contributed by atoms with E-state index in [-0.39, 0.29) is 21.1 Å². The van der Waals surface area contributed by atoms with Gasteiger partial charge >= 0.3 is 21.1 Å². The third kappa shape index (κ3) is 4.11. The van der Waals surface area contributed by atoms with Crippen molar-refractivity contribution < 1.29 is 25.8 Å². The summed E-state index contributed by atoms with van der Waals surface area (Å²) in [5.74, 6) is 1.36. The van der Waals surface area contributed by atoms with Crippen molar-refractivity contribution in [3.05, 3.63) is 97.4 Å². The van der Waals surface area contributed by atoms with E-state index in [4.69, 9.17) is 4.74 Å². The number of nitrogens with zero attached hydrogens (tertiary/aromatic N) is 4. The minimum absolute atomic E-state index is 0. The third-order valence-corrected chi connectivity index (χ3v) is 7.08. The summed E-state index contributed by atoms with van der Waals surface area (Å²) in [5.41, 5.74) is 4.46. The number of allylic oxidation sites excluding steroid dienone is 2. The van der Waals surface area contributed by atoms with Crippen molar-refractivity contribution in [2.24, 2.45) is 0 Å². The van der Waals surface area contributed by atoms with Crippen LogP contribution in [0.2, 0.25) is 0 Å². The van der Waals surface area contributed by atoms with Crippen molar-refractivity contribution in [3.8, 4) is 17.2 Å². The standard InChI is InChI=1S/C28H28N4O.Pt/c1-21-22(2)32-20-31(21)24-10-8-12-26(18-24)33-25-11-7-9-23(17-25)29-15-5-6-16-30(19-29)27-13-3-4-14-28(27)32;/h5-12,15-16,19-20,27-28H,3-4,13-14H2,1-2H3;/q-4;+4. The Morgan fingerprint density at radius 2 is 1.50 bits per heavy atom. The monoisotopic (exact) mass is 631 g/mol. The van der Waals surface area contributed by atoms with Gasteiger partial charge in [0, 0.05) is 29.3 Å². The summed E-state index contributed by atoms with van der Waals surface area (Å²) in [6.45, 7) is 6.68. The van der Waals surface area contributed by atoms with E-state index in [1.54, 1.807) is 0 Å². The van der Waals surface area contributed by atoms with Crippen LogP contribution in [0.15, 0.2) is 78.6 Å². The van der Waals surface area contributed by atoms with Crippen LogP contribution in [0.5, 0.6) is 11.5 Å². The van der Waals surface area contributed by atoms with E-state index in [1.165, 1.54) is 30.7 Å². The first-order chi connectivity index (χ1) is 16.2. The van der Waals surface area contributed by atoms with E-state index in [9.17, 15) is 0 Å². The molecule has 3 heterocycles. The second-order valence-electron chi connectivity index (χ2n) is 9.04. The second-order valence-corrected chi connectivity index (χ2v) is 9.04. The van der Waals surface area contributed by atoms with Gasteiger partial charge in [-0.25, -0.2) is 0 Å². The van der Waals surface area contributed by atoms with Crippen molar-refractivity contribution >= 4 is 5.69 Å². The van der Waals surface area contributed by atoms with Crippen molar-refractivity contribution in [1.82, 2.24) is 14.0 Å². The maximum atomic E-state index is 6.19. The quantitative estimate of drug-likeness (QED) is 0.265. The molecular weight excluding hydrogens is 603 g/mol. The SMILES string of the molecule is CC1=C(C)N2[CH-]N1c1[c-]c(ccc1)Oc1[c-]c(ccc1)-n1ccccn([cH-]1)C1CCCCC12.[Pt+4]. The number of anilines is 1. The molecule has 176 valence electrons. The van der Waals surface area contributed by atoms with Crippen molar-refractivity contribution in [2.45, 2.75) is 51.6 Å². The van der Waals surface area contributed by atoms with Crippen LogP contribution >= 0.6 is 0 Å². The Kier molecular flexibility index (Phi) is 6.40. The molecule has 2 aliphatic heterocycles. The Morgan fingerprint density at radius 3 is 2.29 bits per heavy atom. The van der Waals surface area contributed by atoms with Crippen LogP contribution in [0.1, 0.15) is 45.6 Å². The van der Waals surface area contributed by atoms with E-state index in [1.807, 2.05) is 24.3 Å². The normalized spacial score (nSPS) is 21.0. The molecule has 34 heavy (non-hydrogen) atoms. The predicted octanol–water partition coefficient (Wildman–Crippen LogP) is 6.50. The van der Waals surface area contributed by atoms with Crippen LogP contribution in [-0.4, -0.2) is 20.1 Å². The number of benzene rings is 2. The summed E-state index contributed by atoms with van der Waals surface area (Å²) >= 11 is 0. The van der Waals surface area contributed by atoms with Crippen LogP contribution in [0, 0.1) is 18.8 Å². The van der Waals surface area contributed by atoms with Crippen LogP contribution in [0.4, 0.5) is 5.69 Å². The Morgan fingerprint density at radius 1 is 0.824 bits per heavy atom. The molecule has 5 nitrogen and oxygen atoms in total. The first kappa shape index (κ1) is 23.0. The molecule has 8 bridgehead atoms. The largest absolute Gasteiger partial charge is 4.00 e. The molecule has 1 aromatic heterocycles. The number of hydrogen-bond donors (Lipinski definition) is 0. The summed E-state index contributed by atoms with van der Waals surface area (Å²) in [6, 6.07) is 23.9. The van der Waals surface area contributed by atoms with Crippen LogP contribution < -0.4 is 9.64 Å². The zero-order chi connectivity index (χ0) is 22.4. The number of aromatic nitrogens is 2. The molecule has 2 aromatic carbocycles. The molecule has 6 rings (SSSR count). The van der Waals surface area contributed by atoms with Crippen LogP contribution in [-0.2, 0) is 21.1 Å². The van der Waals surface area contributed by atoms with E-state index in [0.29, 0.717) is 23.6 Å². The molecule has 3 aromatic rings. The van der Waals surface area contributed by atoms with Crippen molar-refractivity contribution in [3.63, 3.8) is 0 Å². The van der Waals surface area contributed by atoms with Gasteiger partial charge in [0.15, 0.2) is 0 Å². The zero-order valence-electron chi connectivity index (χ0n) is 19.4. The Balaban J connectivity index is 0.00000241. The number of hydrogen-bond acceptors (Lipinski definition) is 3. The Bertz CT molecular complexity index is 1250. The zero-order valence-corrected chi connectivity index (χ0v) is 21.7. The van der Waals surface area contributed by atoms with Crippen LogP contribution in [0.25, 0.3) is 5.69 Å². The molecule has 0 amide bonds. The van der Waals surface area contributed by atoms with E-state index in [0.717, 1.165) is 17.8 Å². The summed E-state index contributed by atoms with van der Waals surface area (Å²) in [5, 5.41) is 0. The van der Waals surface area contributed by atoms with Gasteiger partial charge in [0.2, 0.25) is 0 Å². The maximum Gasteiger partial charge on any atom is 4.00 e. The molecular formula is C28H28N4OPt. The molecule has 2 atom stereocenters. The van der Waals surface area contributed by atoms with Gasteiger partial charge in [-0.2, -0.15) is 30.9 Å². The first-order valence-electron chi connectivity index (χ1n) is 11.8. The van der Waals surface area contributed by atoms with Gasteiger partial charge in [0.05, 0.1) is 0 Å². The van der Waals surface area contributed by atoms with Gasteiger partial charge in [-0.1, -0.05) is 37.4 Å². The van der Waals surface area contributed by atoms with E-state index >= 15 is 0 Å². The maximum absolute atomic E-state index is 6.19. The van der Waals surface area contributed by atoms with Crippen LogP contribution in [0.3, 0.4) is 0 Å². The summed E-state index contributed by atoms with van der Waals surface area (Å²) in [6.07, 6.45) is 11.3. The van der Waals surface area contributed by atoms with E-state index in [2.05, 4.69) is 94.6 Å². The topological polar surface area (TPSA) is 25.6 Å². The molecule has 0 saturated heterocycles. The molecule has 1 saturated carbocycles. The fraction of sp³-hybridized carbons (Fsp3) is 0.286. The fourth-order valence-electron chi connectivity index (χ4n) is 5.25. The average molecular weight is 632 g/mol. The first-order valence-corrected chi connectivity index (χ1v) is 11.8. The van der Waals surface area contributed by atoms with Crippen molar-refractivity contribution in [2.75, 3.05) is 4.90 Å². The van der Waals surface area contributed by atoms with Gasteiger partial charge in [-0.05, 0) is 38.7 Å². The molecule has 3 aliphatic rings. The molecule has 0 radical (unpaired) electrons. The second kappa shape index (κ2) is 9.46. The van der Waals surface area contributed by atoms with Gasteiger partial charge in [0.25, 0.3) is 0 Å². The average Bonchev–Trinajstić information content (AvgIpc) is 3.01. The molecule has 1 aliphatic carbocycles. The smallest absolute Gasteiger partial charge is 0.510 e. The number of ether oxygens (including phenoxy) is 1. The predicted molar refractivity (Wildman–Crippen MR) is 129 cm³/mol. The molecule has 0 N–H and O–H groups in total. The van der Waals surface area contributed by atoms with E-state index < -0.39 is 0 Å². The minimum Gasteiger partial charge on any atom is -0.510 e. The summed E-state index contributed by atoms with van der Waals surface area (Å²) < 4.78 is 10.7. The molecule has 6 heteroatoms. The van der Waals surface area contributed by atoms with Crippen molar-refractivity contribution in [1.29, 1.82) is 0 Å². The van der Waals surface area contributed by atoms with Gasteiger partial charge in [-0.3, -0.25) is 0 Å². The Labute approximate surface area is 216 Å². The molecule has 1 fully saturated rings. The summed E-state index contributed by atoms with van der Waals surface area (Å²) in [7, 11) is 0. The fourth-order valence-corrected chi connectivity index (χ4v) is 5.25. The molecule has 2 unspecified atom stereocenters. The third-order valence-electron chi connectivity index (χ3n) is 7.08. The Hall–Kier alpha value is -2.78. The summed E-state index contributed by atoms with van der Waals surface area (Å²) in [4.78, 5) is 4.72. The molecule has 0 spiro atoms. The van der Waals surface area contributed by atoms with Gasteiger partial charge in [-0.15, -0.1) is 35.6 Å². The minimum atomic E-state index is 0.